The zero-order valence-electron chi connectivity index (χ0n) is 8.09. The lowest BCUT2D eigenvalue weighted by atomic mass is 9.87. The molecule has 0 aromatic rings. The van der Waals surface area contributed by atoms with Crippen LogP contribution in [0.25, 0.3) is 0 Å². The van der Waals surface area contributed by atoms with E-state index < -0.39 is 22.9 Å². The predicted molar refractivity (Wildman–Crippen MR) is 53.6 cm³/mol. The van der Waals surface area contributed by atoms with Crippen molar-refractivity contribution in [3.05, 3.63) is 0 Å². The first-order valence-electron chi connectivity index (χ1n) is 4.00. The number of hydrogen-bond donors (Lipinski definition) is 5. The van der Waals surface area contributed by atoms with Crippen molar-refractivity contribution in [3.63, 3.8) is 0 Å². The highest BCUT2D eigenvalue weighted by Gasteiger charge is 2.41. The van der Waals surface area contributed by atoms with E-state index in [0.717, 1.165) is 0 Å². The summed E-state index contributed by atoms with van der Waals surface area (Å²) in [5, 5.41) is 39.0. The van der Waals surface area contributed by atoms with Crippen LogP contribution in [0.1, 0.15) is 13.3 Å². The maximum atomic E-state index is 10.5. The first kappa shape index (κ1) is 12.9. The number of carboxylic acid groups (broad SMARTS) is 1. The van der Waals surface area contributed by atoms with E-state index in [9.17, 15) is 4.79 Å². The van der Waals surface area contributed by atoms with E-state index in [-0.39, 0.29) is 12.1 Å². The van der Waals surface area contributed by atoms with Gasteiger partial charge in [-0.3, -0.25) is 10.8 Å². The third-order valence-corrected chi connectivity index (χ3v) is 1.83. The van der Waals surface area contributed by atoms with Gasteiger partial charge in [0.15, 0.2) is 11.3 Å². The summed E-state index contributed by atoms with van der Waals surface area (Å²) in [6, 6.07) is 1.38. The smallest absolute Gasteiger partial charge is 0.353 e. The largest absolute Gasteiger partial charge is 0.477 e. The normalized spacial score (nSPS) is 13.4. The van der Waals surface area contributed by atoms with Crippen molar-refractivity contribution in [3.8, 4) is 6.07 Å². The van der Waals surface area contributed by atoms with Gasteiger partial charge in [-0.05, 0) is 6.42 Å². The van der Waals surface area contributed by atoms with E-state index in [4.69, 9.17) is 32.3 Å². The van der Waals surface area contributed by atoms with Crippen LogP contribution in [0.4, 0.5) is 0 Å². The molecule has 80 valence electrons. The average molecular weight is 209 g/mol. The van der Waals surface area contributed by atoms with Gasteiger partial charge < -0.3 is 16.2 Å². The molecule has 1 unspecified atom stereocenters. The summed E-state index contributed by atoms with van der Waals surface area (Å²) in [5.41, 5.74) is 0.966. The number of hydrogen-bond acceptors (Lipinski definition) is 6. The highest BCUT2D eigenvalue weighted by atomic mass is 16.4. The third-order valence-electron chi connectivity index (χ3n) is 1.83. The van der Waals surface area contributed by atoms with Gasteiger partial charge in [0.2, 0.25) is 0 Å². The summed E-state index contributed by atoms with van der Waals surface area (Å²) < 4.78 is 0. The van der Waals surface area contributed by atoms with Crippen LogP contribution in [0, 0.1) is 27.6 Å². The van der Waals surface area contributed by atoms with Gasteiger partial charge in [0.25, 0.3) is 0 Å². The minimum Gasteiger partial charge on any atom is -0.477 e. The molecule has 1 atom stereocenters. The van der Waals surface area contributed by atoms with Crippen LogP contribution in [0.15, 0.2) is 0 Å². The van der Waals surface area contributed by atoms with Crippen LogP contribution in [-0.4, -0.2) is 33.7 Å². The molecule has 0 aromatic heterocycles. The summed E-state index contributed by atoms with van der Waals surface area (Å²) in [5.74, 6) is -1.67. The fourth-order valence-corrected chi connectivity index (χ4v) is 0.820. The molecule has 0 heterocycles. The van der Waals surface area contributed by atoms with Gasteiger partial charge in [0.05, 0.1) is 17.5 Å². The molecule has 0 amide bonds. The number of carbonyl (C=O) groups is 1. The molecule has 0 aliphatic heterocycles. The quantitative estimate of drug-likeness (QED) is 0.395. The van der Waals surface area contributed by atoms with Gasteiger partial charge in [-0.2, -0.15) is 5.26 Å². The van der Waals surface area contributed by atoms with E-state index in [2.05, 4.69) is 0 Å². The SMILES string of the molecule is CCC(=N)C(=N)C(N)(C#N)C(=N)C(=O)O. The first-order chi connectivity index (χ1) is 6.81. The molecule has 0 bridgehead atoms. The maximum Gasteiger partial charge on any atom is 0.353 e. The molecule has 0 aromatic carbocycles. The Balaban J connectivity index is 5.31. The molecular weight excluding hydrogens is 198 g/mol. The Labute approximate surface area is 86.0 Å². The molecule has 15 heavy (non-hydrogen) atoms. The second-order valence-electron chi connectivity index (χ2n) is 2.81. The predicted octanol–water partition coefficient (Wildman–Crippen LogP) is -0.239. The summed E-state index contributed by atoms with van der Waals surface area (Å²) in [6.45, 7) is 1.57. The van der Waals surface area contributed by atoms with Crippen LogP contribution in [0.5, 0.6) is 0 Å². The fourth-order valence-electron chi connectivity index (χ4n) is 0.820. The van der Waals surface area contributed by atoms with E-state index in [1.54, 1.807) is 6.92 Å². The zero-order valence-corrected chi connectivity index (χ0v) is 8.09. The Hall–Kier alpha value is -2.07. The minimum atomic E-state index is -2.35. The molecule has 0 rings (SSSR count). The lowest BCUT2D eigenvalue weighted by molar-refractivity contribution is -0.129. The summed E-state index contributed by atoms with van der Waals surface area (Å²) in [4.78, 5) is 10.5. The van der Waals surface area contributed by atoms with Gasteiger partial charge in [-0.15, -0.1) is 0 Å². The Kier molecular flexibility index (Phi) is 3.82. The first-order valence-corrected chi connectivity index (χ1v) is 4.00. The highest BCUT2D eigenvalue weighted by molar-refractivity contribution is 6.56. The number of nitriles is 1. The second kappa shape index (κ2) is 4.43. The molecule has 0 aliphatic rings. The lowest BCUT2D eigenvalue weighted by Gasteiger charge is -2.20. The van der Waals surface area contributed by atoms with Crippen molar-refractivity contribution in [1.29, 1.82) is 21.5 Å². The Bertz CT molecular complexity index is 381. The zero-order chi connectivity index (χ0) is 12.2. The van der Waals surface area contributed by atoms with Gasteiger partial charge in [0, 0.05) is 0 Å². The molecule has 6 N–H and O–H groups in total. The maximum absolute atomic E-state index is 10.5. The van der Waals surface area contributed by atoms with Crippen LogP contribution < -0.4 is 5.73 Å². The van der Waals surface area contributed by atoms with Crippen LogP contribution >= 0.6 is 0 Å². The molecule has 0 radical (unpaired) electrons. The topological polar surface area (TPSA) is 159 Å². The molecule has 0 spiro atoms. The Morgan fingerprint density at radius 1 is 1.47 bits per heavy atom. The Morgan fingerprint density at radius 2 is 1.93 bits per heavy atom. The number of carboxylic acids is 1. The van der Waals surface area contributed by atoms with Crippen LogP contribution in [0.3, 0.4) is 0 Å². The van der Waals surface area contributed by atoms with Crippen molar-refractivity contribution in [2.45, 2.75) is 18.9 Å². The summed E-state index contributed by atoms with van der Waals surface area (Å²) in [7, 11) is 0. The van der Waals surface area contributed by atoms with Crippen molar-refractivity contribution >= 4 is 23.1 Å². The standard InChI is InChI=1S/C8H11N5O2/c1-2-4(10)5(11)8(13,3-9)6(12)7(14)15/h10-12H,2,13H2,1H3,(H,14,15). The van der Waals surface area contributed by atoms with Gasteiger partial charge in [-0.1, -0.05) is 6.92 Å². The molecule has 0 saturated carbocycles. The number of nitrogens with one attached hydrogen (secondary N) is 3. The highest BCUT2D eigenvalue weighted by Crippen LogP contribution is 2.07. The van der Waals surface area contributed by atoms with Crippen LogP contribution in [0.2, 0.25) is 0 Å². The van der Waals surface area contributed by atoms with Crippen molar-refractivity contribution in [2.24, 2.45) is 5.73 Å². The van der Waals surface area contributed by atoms with Gasteiger partial charge in [0.1, 0.15) is 0 Å². The van der Waals surface area contributed by atoms with E-state index in [1.807, 2.05) is 0 Å². The van der Waals surface area contributed by atoms with Crippen LogP contribution in [-0.2, 0) is 4.79 Å². The number of nitrogens with two attached hydrogens (primary N) is 1. The summed E-state index contributed by atoms with van der Waals surface area (Å²) >= 11 is 0. The van der Waals surface area contributed by atoms with Gasteiger partial charge in [-0.25, -0.2) is 4.79 Å². The summed E-state index contributed by atoms with van der Waals surface area (Å²) in [6.07, 6.45) is 0.145. The monoisotopic (exact) mass is 209 g/mol. The molecule has 0 saturated heterocycles. The van der Waals surface area contributed by atoms with Crippen molar-refractivity contribution in [2.75, 3.05) is 0 Å². The second-order valence-corrected chi connectivity index (χ2v) is 2.81. The lowest BCUT2D eigenvalue weighted by Crippen LogP contribution is -2.58. The number of nitrogens with zero attached hydrogens (tertiary/aromatic N) is 1. The molecule has 0 aliphatic carbocycles. The molecule has 7 nitrogen and oxygen atoms in total. The fraction of sp³-hybridized carbons (Fsp3) is 0.375. The number of rotatable bonds is 5. The number of aliphatic carboxylic acids is 1. The van der Waals surface area contributed by atoms with E-state index in [1.165, 1.54) is 6.07 Å². The molecule has 7 heteroatoms. The minimum absolute atomic E-state index is 0.145. The third kappa shape index (κ3) is 2.24. The van der Waals surface area contributed by atoms with Gasteiger partial charge >= 0.3 is 5.97 Å². The Morgan fingerprint density at radius 3 is 2.20 bits per heavy atom. The van der Waals surface area contributed by atoms with E-state index in [0.29, 0.717) is 0 Å². The average Bonchev–Trinajstić information content (AvgIpc) is 2.24. The molecular formula is C8H11N5O2. The van der Waals surface area contributed by atoms with Crippen molar-refractivity contribution in [1.82, 2.24) is 0 Å². The molecule has 0 fully saturated rings. The van der Waals surface area contributed by atoms with Crippen molar-refractivity contribution < 1.29 is 9.90 Å². The van der Waals surface area contributed by atoms with E-state index >= 15 is 0 Å².